The average Bonchev–Trinajstić information content (AvgIpc) is 2.33. The first kappa shape index (κ1) is 16.0. The topological polar surface area (TPSA) is 47.0 Å². The molecule has 0 unspecified atom stereocenters. The van der Waals surface area contributed by atoms with Gasteiger partial charge >= 0.3 is 6.18 Å². The van der Waals surface area contributed by atoms with Crippen molar-refractivity contribution in [1.82, 2.24) is 9.97 Å². The number of ether oxygens (including phenoxy) is 1. The Kier molecular flexibility index (Phi) is 6.33. The predicted molar refractivity (Wildman–Crippen MR) is 69.3 cm³/mol. The minimum atomic E-state index is -4.15. The molecule has 0 atom stereocenters. The number of hydrogen-bond donors (Lipinski definition) is 1. The number of rotatable bonds is 7. The Morgan fingerprint density at radius 3 is 2.79 bits per heavy atom. The van der Waals surface area contributed by atoms with Gasteiger partial charge < -0.3 is 10.1 Å². The van der Waals surface area contributed by atoms with Gasteiger partial charge in [0.25, 0.3) is 0 Å². The van der Waals surface area contributed by atoms with Crippen LogP contribution in [0.15, 0.2) is 10.7 Å². The number of nitrogens with zero attached hydrogens (tertiary/aromatic N) is 2. The molecule has 0 spiro atoms. The Morgan fingerprint density at radius 2 is 2.16 bits per heavy atom. The minimum absolute atomic E-state index is 0.0393. The van der Waals surface area contributed by atoms with Gasteiger partial charge in [-0.05, 0) is 28.8 Å². The number of halogens is 4. The van der Waals surface area contributed by atoms with Crippen LogP contribution in [0.1, 0.15) is 26.2 Å². The lowest BCUT2D eigenvalue weighted by Gasteiger charge is -2.10. The average molecular weight is 342 g/mol. The maximum Gasteiger partial charge on any atom is 0.389 e. The van der Waals surface area contributed by atoms with E-state index in [9.17, 15) is 13.2 Å². The Bertz CT molecular complexity index is 401. The summed E-state index contributed by atoms with van der Waals surface area (Å²) in [6.07, 6.45) is -2.69. The van der Waals surface area contributed by atoms with Crippen molar-refractivity contribution in [2.24, 2.45) is 0 Å². The summed E-state index contributed by atoms with van der Waals surface area (Å²) in [5, 5.41) is 2.97. The summed E-state index contributed by atoms with van der Waals surface area (Å²) in [6, 6.07) is 0. The largest absolute Gasteiger partial charge is 0.477 e. The molecule has 0 radical (unpaired) electrons. The Labute approximate surface area is 117 Å². The van der Waals surface area contributed by atoms with Gasteiger partial charge in [0.2, 0.25) is 11.8 Å². The first-order valence-electron chi connectivity index (χ1n) is 5.88. The zero-order valence-electron chi connectivity index (χ0n) is 10.4. The van der Waals surface area contributed by atoms with Gasteiger partial charge in [-0.15, -0.1) is 0 Å². The summed E-state index contributed by atoms with van der Waals surface area (Å²) in [4.78, 5) is 8.09. The SMILES string of the molecule is CCCNc1ncc(Br)c(OCCCC(F)(F)F)n1. The van der Waals surface area contributed by atoms with Crippen molar-refractivity contribution in [2.75, 3.05) is 18.5 Å². The van der Waals surface area contributed by atoms with E-state index in [1.54, 1.807) is 0 Å². The van der Waals surface area contributed by atoms with Gasteiger partial charge in [-0.25, -0.2) is 4.98 Å². The molecule has 1 aromatic rings. The van der Waals surface area contributed by atoms with Gasteiger partial charge in [0.15, 0.2) is 0 Å². The van der Waals surface area contributed by atoms with Gasteiger partial charge in [-0.2, -0.15) is 18.2 Å². The van der Waals surface area contributed by atoms with E-state index in [0.717, 1.165) is 13.0 Å². The molecule has 1 N–H and O–H groups in total. The first-order chi connectivity index (χ1) is 8.92. The van der Waals surface area contributed by atoms with E-state index in [1.165, 1.54) is 6.20 Å². The molecule has 8 heteroatoms. The summed E-state index contributed by atoms with van der Waals surface area (Å²) in [5.41, 5.74) is 0. The molecule has 0 fully saturated rings. The highest BCUT2D eigenvalue weighted by Crippen LogP contribution is 2.24. The number of anilines is 1. The van der Waals surface area contributed by atoms with Crippen molar-refractivity contribution in [3.8, 4) is 5.88 Å². The van der Waals surface area contributed by atoms with Crippen LogP contribution in [0, 0.1) is 0 Å². The maximum absolute atomic E-state index is 12.0. The summed E-state index contributed by atoms with van der Waals surface area (Å²) in [7, 11) is 0. The second kappa shape index (κ2) is 7.52. The van der Waals surface area contributed by atoms with Crippen LogP contribution in [0.3, 0.4) is 0 Å². The number of hydrogen-bond acceptors (Lipinski definition) is 4. The lowest BCUT2D eigenvalue weighted by molar-refractivity contribution is -0.136. The molecule has 1 heterocycles. The molecule has 0 amide bonds. The maximum atomic E-state index is 12.0. The number of alkyl halides is 3. The van der Waals surface area contributed by atoms with Crippen molar-refractivity contribution in [3.63, 3.8) is 0 Å². The minimum Gasteiger partial charge on any atom is -0.477 e. The van der Waals surface area contributed by atoms with E-state index in [2.05, 4.69) is 31.2 Å². The Hall–Kier alpha value is -1.05. The van der Waals surface area contributed by atoms with Gasteiger partial charge in [-0.1, -0.05) is 6.92 Å². The molecular weight excluding hydrogens is 327 g/mol. The predicted octanol–water partition coefficient (Wildman–Crippen LogP) is 3.78. The highest BCUT2D eigenvalue weighted by molar-refractivity contribution is 9.10. The molecule has 0 saturated carbocycles. The monoisotopic (exact) mass is 341 g/mol. The van der Waals surface area contributed by atoms with Crippen LogP contribution in [0.2, 0.25) is 0 Å². The van der Waals surface area contributed by atoms with Gasteiger partial charge in [0.1, 0.15) is 0 Å². The van der Waals surface area contributed by atoms with E-state index in [1.807, 2.05) is 6.92 Å². The fraction of sp³-hybridized carbons (Fsp3) is 0.636. The molecule has 0 aromatic carbocycles. The smallest absolute Gasteiger partial charge is 0.389 e. The molecule has 1 rings (SSSR count). The van der Waals surface area contributed by atoms with Crippen LogP contribution in [-0.4, -0.2) is 29.3 Å². The van der Waals surface area contributed by atoms with Crippen molar-refractivity contribution in [3.05, 3.63) is 10.7 Å². The Balaban J connectivity index is 2.47. The Morgan fingerprint density at radius 1 is 1.42 bits per heavy atom. The fourth-order valence-electron chi connectivity index (χ4n) is 1.22. The molecule has 0 aliphatic heterocycles. The third-order valence-electron chi connectivity index (χ3n) is 2.09. The summed E-state index contributed by atoms with van der Waals surface area (Å²) >= 11 is 3.19. The van der Waals surface area contributed by atoms with Crippen LogP contribution in [-0.2, 0) is 0 Å². The zero-order chi connectivity index (χ0) is 14.3. The van der Waals surface area contributed by atoms with E-state index in [0.29, 0.717) is 10.4 Å². The molecule has 0 bridgehead atoms. The summed E-state index contributed by atoms with van der Waals surface area (Å²) in [5.74, 6) is 0.645. The summed E-state index contributed by atoms with van der Waals surface area (Å²) < 4.78 is 41.6. The van der Waals surface area contributed by atoms with Crippen molar-refractivity contribution in [1.29, 1.82) is 0 Å². The third-order valence-corrected chi connectivity index (χ3v) is 2.63. The van der Waals surface area contributed by atoms with E-state index in [-0.39, 0.29) is 18.9 Å². The molecule has 0 aliphatic rings. The summed E-state index contributed by atoms with van der Waals surface area (Å²) in [6.45, 7) is 2.68. The van der Waals surface area contributed by atoms with Crippen LogP contribution in [0.5, 0.6) is 5.88 Å². The molecule has 0 saturated heterocycles. The lowest BCUT2D eigenvalue weighted by Crippen LogP contribution is -2.11. The van der Waals surface area contributed by atoms with Crippen molar-refractivity contribution < 1.29 is 17.9 Å². The first-order valence-corrected chi connectivity index (χ1v) is 6.67. The highest BCUT2D eigenvalue weighted by Gasteiger charge is 2.26. The van der Waals surface area contributed by atoms with Crippen LogP contribution < -0.4 is 10.1 Å². The van der Waals surface area contributed by atoms with Crippen molar-refractivity contribution in [2.45, 2.75) is 32.4 Å². The quantitative estimate of drug-likeness (QED) is 0.766. The molecule has 1 aromatic heterocycles. The molecule has 19 heavy (non-hydrogen) atoms. The molecule has 108 valence electrons. The fourth-order valence-corrected chi connectivity index (χ4v) is 1.52. The van der Waals surface area contributed by atoms with E-state index >= 15 is 0 Å². The lowest BCUT2D eigenvalue weighted by atomic mass is 10.3. The van der Waals surface area contributed by atoms with Crippen LogP contribution in [0.25, 0.3) is 0 Å². The van der Waals surface area contributed by atoms with Gasteiger partial charge in [-0.3, -0.25) is 0 Å². The van der Waals surface area contributed by atoms with E-state index < -0.39 is 12.6 Å². The van der Waals surface area contributed by atoms with Crippen LogP contribution in [0.4, 0.5) is 19.1 Å². The second-order valence-electron chi connectivity index (χ2n) is 3.84. The highest BCUT2D eigenvalue weighted by atomic mass is 79.9. The number of nitrogens with one attached hydrogen (secondary N) is 1. The number of aromatic nitrogens is 2. The van der Waals surface area contributed by atoms with Crippen molar-refractivity contribution >= 4 is 21.9 Å². The van der Waals surface area contributed by atoms with Gasteiger partial charge in [0.05, 0.1) is 17.3 Å². The van der Waals surface area contributed by atoms with E-state index in [4.69, 9.17) is 4.74 Å². The van der Waals surface area contributed by atoms with Gasteiger partial charge in [0, 0.05) is 13.0 Å². The standard InChI is InChI=1S/C11H15BrF3N3O/c1-2-5-16-10-17-7-8(12)9(18-10)19-6-3-4-11(13,14)15/h7H,2-6H2,1H3,(H,16,17,18). The molecule has 4 nitrogen and oxygen atoms in total. The third kappa shape index (κ3) is 6.60. The van der Waals surface area contributed by atoms with Crippen LogP contribution >= 0.6 is 15.9 Å². The normalized spacial score (nSPS) is 11.4. The second-order valence-corrected chi connectivity index (χ2v) is 4.70. The zero-order valence-corrected chi connectivity index (χ0v) is 12.0. The molecule has 0 aliphatic carbocycles. The molecular formula is C11H15BrF3N3O.